The zero-order chi connectivity index (χ0) is 12.4. The van der Waals surface area contributed by atoms with Gasteiger partial charge in [-0.25, -0.2) is 0 Å². The van der Waals surface area contributed by atoms with Gasteiger partial charge in [0.05, 0.1) is 0 Å². The van der Waals surface area contributed by atoms with Crippen molar-refractivity contribution in [2.45, 2.75) is 38.7 Å². The van der Waals surface area contributed by atoms with Gasteiger partial charge in [0, 0.05) is 19.0 Å². The minimum Gasteiger partial charge on any atom is -0.471 e. The summed E-state index contributed by atoms with van der Waals surface area (Å²) >= 11 is 6.18. The molecule has 0 unspecified atom stereocenters. The zero-order valence-corrected chi connectivity index (χ0v) is 11.3. The summed E-state index contributed by atoms with van der Waals surface area (Å²) in [4.78, 5) is 2.30. The largest absolute Gasteiger partial charge is 0.471 e. The number of nitrogens with zero attached hydrogens (tertiary/aromatic N) is 2. The third kappa shape index (κ3) is 2.93. The molecule has 1 aliphatic rings. The maximum atomic E-state index is 6.18. The highest BCUT2D eigenvalue weighted by Crippen LogP contribution is 2.33. The SMILES string of the molecule is CC(C)c1onc(OC2CCN(C)CC2)c1Cl. The van der Waals surface area contributed by atoms with Gasteiger partial charge in [0.25, 0.3) is 5.88 Å². The molecule has 1 fully saturated rings. The predicted octanol–water partition coefficient (Wildman–Crippen LogP) is 2.92. The number of likely N-dealkylation sites (tertiary alicyclic amines) is 1. The Labute approximate surface area is 107 Å². The average Bonchev–Trinajstić information content (AvgIpc) is 2.64. The lowest BCUT2D eigenvalue weighted by molar-refractivity contribution is 0.106. The minimum absolute atomic E-state index is 0.203. The molecule has 1 saturated heterocycles. The van der Waals surface area contributed by atoms with Crippen molar-refractivity contribution in [1.29, 1.82) is 0 Å². The fraction of sp³-hybridized carbons (Fsp3) is 0.750. The van der Waals surface area contributed by atoms with E-state index in [1.165, 1.54) is 0 Å². The fourth-order valence-electron chi connectivity index (χ4n) is 1.97. The number of hydrogen-bond donors (Lipinski definition) is 0. The molecule has 0 spiro atoms. The maximum absolute atomic E-state index is 6.18. The van der Waals surface area contributed by atoms with Gasteiger partial charge in [0.2, 0.25) is 0 Å². The number of hydrogen-bond acceptors (Lipinski definition) is 4. The number of piperidine rings is 1. The standard InChI is InChI=1S/C12H19ClN2O2/c1-8(2)11-10(13)12(14-17-11)16-9-4-6-15(3)7-5-9/h8-9H,4-7H2,1-3H3. The summed E-state index contributed by atoms with van der Waals surface area (Å²) in [5.41, 5.74) is 0. The van der Waals surface area contributed by atoms with Crippen molar-refractivity contribution >= 4 is 11.6 Å². The summed E-state index contributed by atoms with van der Waals surface area (Å²) in [5, 5.41) is 4.43. The van der Waals surface area contributed by atoms with E-state index in [0.717, 1.165) is 25.9 Å². The molecule has 2 heterocycles. The Morgan fingerprint density at radius 2 is 2.06 bits per heavy atom. The van der Waals surface area contributed by atoms with Gasteiger partial charge in [-0.15, -0.1) is 0 Å². The van der Waals surface area contributed by atoms with E-state index in [-0.39, 0.29) is 12.0 Å². The van der Waals surface area contributed by atoms with Crippen LogP contribution in [0.25, 0.3) is 0 Å². The number of aromatic nitrogens is 1. The van der Waals surface area contributed by atoms with E-state index >= 15 is 0 Å². The quantitative estimate of drug-likeness (QED) is 0.836. The van der Waals surface area contributed by atoms with Crippen LogP contribution in [0.3, 0.4) is 0 Å². The molecule has 0 radical (unpaired) electrons. The van der Waals surface area contributed by atoms with E-state index in [1.54, 1.807) is 0 Å². The van der Waals surface area contributed by atoms with Crippen molar-refractivity contribution < 1.29 is 9.26 Å². The van der Waals surface area contributed by atoms with Crippen molar-refractivity contribution in [3.05, 3.63) is 10.8 Å². The molecule has 1 aromatic heterocycles. The second kappa shape index (κ2) is 5.27. The molecule has 96 valence electrons. The van der Waals surface area contributed by atoms with Crippen LogP contribution in [-0.4, -0.2) is 36.3 Å². The first-order valence-electron chi connectivity index (χ1n) is 6.08. The van der Waals surface area contributed by atoms with Crippen molar-refractivity contribution in [2.75, 3.05) is 20.1 Å². The van der Waals surface area contributed by atoms with E-state index in [2.05, 4.69) is 17.1 Å². The third-order valence-corrected chi connectivity index (χ3v) is 3.45. The van der Waals surface area contributed by atoms with Crippen LogP contribution in [0.2, 0.25) is 5.02 Å². The monoisotopic (exact) mass is 258 g/mol. The molecule has 1 aromatic rings. The first kappa shape index (κ1) is 12.7. The average molecular weight is 259 g/mol. The summed E-state index contributed by atoms with van der Waals surface area (Å²) in [6.07, 6.45) is 2.22. The molecule has 1 aliphatic heterocycles. The Balaban J connectivity index is 1.99. The summed E-state index contributed by atoms with van der Waals surface area (Å²) < 4.78 is 11.0. The molecule has 17 heavy (non-hydrogen) atoms. The van der Waals surface area contributed by atoms with Gasteiger partial charge in [-0.1, -0.05) is 25.4 Å². The third-order valence-electron chi connectivity index (χ3n) is 3.10. The van der Waals surface area contributed by atoms with E-state index in [1.807, 2.05) is 13.8 Å². The van der Waals surface area contributed by atoms with Crippen LogP contribution in [0.4, 0.5) is 0 Å². The molecular formula is C12H19ClN2O2. The van der Waals surface area contributed by atoms with Crippen LogP contribution in [0.1, 0.15) is 38.4 Å². The molecule has 0 aliphatic carbocycles. The van der Waals surface area contributed by atoms with Crippen molar-refractivity contribution in [3.8, 4) is 5.88 Å². The van der Waals surface area contributed by atoms with Crippen LogP contribution < -0.4 is 4.74 Å². The lowest BCUT2D eigenvalue weighted by Crippen LogP contribution is -2.35. The first-order valence-corrected chi connectivity index (χ1v) is 6.46. The highest BCUT2D eigenvalue weighted by atomic mass is 35.5. The Kier molecular flexibility index (Phi) is 3.94. The van der Waals surface area contributed by atoms with Crippen LogP contribution in [0.5, 0.6) is 5.88 Å². The van der Waals surface area contributed by atoms with E-state index in [9.17, 15) is 0 Å². The predicted molar refractivity (Wildman–Crippen MR) is 66.7 cm³/mol. The van der Waals surface area contributed by atoms with Gasteiger partial charge in [-0.2, -0.15) is 0 Å². The van der Waals surface area contributed by atoms with Crippen molar-refractivity contribution in [3.63, 3.8) is 0 Å². The molecule has 0 bridgehead atoms. The normalized spacial score (nSPS) is 18.9. The lowest BCUT2D eigenvalue weighted by Gasteiger charge is -2.28. The van der Waals surface area contributed by atoms with Gasteiger partial charge in [0.1, 0.15) is 11.1 Å². The van der Waals surface area contributed by atoms with Crippen LogP contribution >= 0.6 is 11.6 Å². The Hall–Kier alpha value is -0.740. The summed E-state index contributed by atoms with van der Waals surface area (Å²) in [7, 11) is 2.12. The fourth-order valence-corrected chi connectivity index (χ4v) is 2.30. The van der Waals surface area contributed by atoms with Gasteiger partial charge in [-0.3, -0.25) is 0 Å². The van der Waals surface area contributed by atoms with Crippen molar-refractivity contribution in [1.82, 2.24) is 10.1 Å². The molecule has 2 rings (SSSR count). The lowest BCUT2D eigenvalue weighted by atomic mass is 10.1. The Bertz CT molecular complexity index is 371. The maximum Gasteiger partial charge on any atom is 0.273 e. The minimum atomic E-state index is 0.203. The van der Waals surface area contributed by atoms with Gasteiger partial charge in [-0.05, 0) is 25.0 Å². The molecule has 0 amide bonds. The number of rotatable bonds is 3. The van der Waals surface area contributed by atoms with Crippen LogP contribution in [0.15, 0.2) is 4.52 Å². The molecule has 4 nitrogen and oxygen atoms in total. The highest BCUT2D eigenvalue weighted by molar-refractivity contribution is 6.32. The molecule has 0 atom stereocenters. The smallest absolute Gasteiger partial charge is 0.273 e. The molecule has 5 heteroatoms. The summed E-state index contributed by atoms with van der Waals surface area (Å²) in [5.74, 6) is 1.38. The number of halogens is 1. The van der Waals surface area contributed by atoms with Crippen LogP contribution in [0, 0.1) is 0 Å². The second-order valence-corrected chi connectivity index (χ2v) is 5.32. The highest BCUT2D eigenvalue weighted by Gasteiger charge is 2.23. The van der Waals surface area contributed by atoms with Crippen molar-refractivity contribution in [2.24, 2.45) is 0 Å². The summed E-state index contributed by atoms with van der Waals surface area (Å²) in [6, 6.07) is 0. The Morgan fingerprint density at radius 3 is 2.59 bits per heavy atom. The Morgan fingerprint density at radius 1 is 1.41 bits per heavy atom. The topological polar surface area (TPSA) is 38.5 Å². The van der Waals surface area contributed by atoms with Gasteiger partial charge in [0.15, 0.2) is 5.76 Å². The second-order valence-electron chi connectivity index (χ2n) is 4.94. The molecule has 0 N–H and O–H groups in total. The van der Waals surface area contributed by atoms with Gasteiger partial charge >= 0.3 is 0 Å². The molecule has 0 saturated carbocycles. The van der Waals surface area contributed by atoms with E-state index in [4.69, 9.17) is 20.9 Å². The van der Waals surface area contributed by atoms with E-state index < -0.39 is 0 Å². The number of ether oxygens (including phenoxy) is 1. The molecular weight excluding hydrogens is 240 g/mol. The van der Waals surface area contributed by atoms with Crippen LogP contribution in [-0.2, 0) is 0 Å². The van der Waals surface area contributed by atoms with E-state index in [0.29, 0.717) is 16.7 Å². The summed E-state index contributed by atoms with van der Waals surface area (Å²) in [6.45, 7) is 6.14. The van der Waals surface area contributed by atoms with Gasteiger partial charge < -0.3 is 14.2 Å². The molecule has 0 aromatic carbocycles. The first-order chi connectivity index (χ1) is 8.08. The zero-order valence-electron chi connectivity index (χ0n) is 10.6.